The average molecular weight is 216 g/mol. The van der Waals surface area contributed by atoms with Crippen molar-refractivity contribution in [3.8, 4) is 0 Å². The van der Waals surface area contributed by atoms with Crippen molar-refractivity contribution in [1.82, 2.24) is 0 Å². The Balaban J connectivity index is 4.80. The maximum Gasteiger partial charge on any atom is 0.344 e. The van der Waals surface area contributed by atoms with Crippen molar-refractivity contribution in [3.63, 3.8) is 0 Å². The number of allylic oxidation sites excluding steroid dienone is 1. The number of hydrogen-bond acceptors (Lipinski definition) is 5. The molecule has 0 aromatic carbocycles. The topological polar surface area (TPSA) is 61.8 Å². The van der Waals surface area contributed by atoms with Crippen LogP contribution in [0.3, 0.4) is 0 Å². The number of carbonyl (C=O) groups is 2. The highest BCUT2D eigenvalue weighted by atomic mass is 16.5. The van der Waals surface area contributed by atoms with Crippen LogP contribution in [0.4, 0.5) is 0 Å². The van der Waals surface area contributed by atoms with Gasteiger partial charge in [0.25, 0.3) is 0 Å². The third-order valence-electron chi connectivity index (χ3n) is 1.86. The van der Waals surface area contributed by atoms with E-state index < -0.39 is 5.97 Å². The van der Waals surface area contributed by atoms with E-state index in [-0.39, 0.29) is 30.1 Å². The van der Waals surface area contributed by atoms with Gasteiger partial charge in [-0.3, -0.25) is 4.79 Å². The van der Waals surface area contributed by atoms with Gasteiger partial charge in [-0.1, -0.05) is 0 Å². The molecule has 0 aliphatic heterocycles. The first-order chi connectivity index (χ1) is 7.08. The molecule has 0 saturated heterocycles. The van der Waals surface area contributed by atoms with E-state index in [0.717, 1.165) is 0 Å². The summed E-state index contributed by atoms with van der Waals surface area (Å²) < 4.78 is 14.1. The van der Waals surface area contributed by atoms with E-state index >= 15 is 0 Å². The molecule has 0 spiro atoms. The molecular formula is C10H16O5. The van der Waals surface area contributed by atoms with Gasteiger partial charge in [0, 0.05) is 13.5 Å². The summed E-state index contributed by atoms with van der Waals surface area (Å²) in [7, 11) is 4.09. The van der Waals surface area contributed by atoms with E-state index in [1.54, 1.807) is 0 Å². The Hall–Kier alpha value is -1.36. The number of methoxy groups -OCH3 is 3. The third kappa shape index (κ3) is 4.12. The summed E-state index contributed by atoms with van der Waals surface area (Å²) in [5, 5.41) is 0. The second kappa shape index (κ2) is 7.00. The fourth-order valence-electron chi connectivity index (χ4n) is 0.978. The lowest BCUT2D eigenvalue weighted by Crippen LogP contribution is -2.18. The van der Waals surface area contributed by atoms with Gasteiger partial charge in [0.1, 0.15) is 11.3 Å². The normalized spacial score (nSPS) is 11.7. The number of Topliss-reactive ketones (excluding diaryl/α,β-unsaturated/α-hetero) is 1. The van der Waals surface area contributed by atoms with E-state index in [2.05, 4.69) is 4.74 Å². The number of hydrogen-bond donors (Lipinski definition) is 0. The quantitative estimate of drug-likeness (QED) is 0.215. The standard InChI is InChI=1S/C10H16O5/c1-7(14-3)9(10(12)15-4)8(11)5-6-13-2/h5-6H2,1-4H3/b9-7+. The van der Waals surface area contributed by atoms with Crippen molar-refractivity contribution < 1.29 is 23.8 Å². The van der Waals surface area contributed by atoms with Crippen LogP contribution in [0.1, 0.15) is 13.3 Å². The van der Waals surface area contributed by atoms with Gasteiger partial charge in [0.2, 0.25) is 0 Å². The van der Waals surface area contributed by atoms with Crippen LogP contribution in [0.5, 0.6) is 0 Å². The molecule has 0 aliphatic rings. The summed E-state index contributed by atoms with van der Waals surface area (Å²) in [5.74, 6) is -0.776. The van der Waals surface area contributed by atoms with Crippen molar-refractivity contribution in [3.05, 3.63) is 11.3 Å². The molecule has 86 valence electrons. The molecule has 5 nitrogen and oxygen atoms in total. The Morgan fingerprint density at radius 1 is 1.07 bits per heavy atom. The fourth-order valence-corrected chi connectivity index (χ4v) is 0.978. The van der Waals surface area contributed by atoms with Gasteiger partial charge in [-0.05, 0) is 6.92 Å². The molecule has 0 unspecified atom stereocenters. The summed E-state index contributed by atoms with van der Waals surface area (Å²) in [4.78, 5) is 22.9. The summed E-state index contributed by atoms with van der Waals surface area (Å²) in [5.41, 5.74) is -0.0583. The Morgan fingerprint density at radius 3 is 2.07 bits per heavy atom. The second-order valence-electron chi connectivity index (χ2n) is 2.79. The van der Waals surface area contributed by atoms with Gasteiger partial charge in [0.05, 0.1) is 20.8 Å². The molecule has 0 aromatic rings. The number of esters is 1. The Labute approximate surface area is 89.0 Å². The van der Waals surface area contributed by atoms with E-state index in [0.29, 0.717) is 0 Å². The van der Waals surface area contributed by atoms with Crippen molar-refractivity contribution in [2.45, 2.75) is 13.3 Å². The Kier molecular flexibility index (Phi) is 6.37. The molecular weight excluding hydrogens is 200 g/mol. The van der Waals surface area contributed by atoms with Gasteiger partial charge in [-0.25, -0.2) is 4.79 Å². The van der Waals surface area contributed by atoms with Crippen LogP contribution < -0.4 is 0 Å². The molecule has 0 aromatic heterocycles. The molecule has 0 rings (SSSR count). The smallest absolute Gasteiger partial charge is 0.344 e. The highest BCUT2D eigenvalue weighted by Crippen LogP contribution is 2.10. The zero-order valence-corrected chi connectivity index (χ0v) is 9.46. The van der Waals surface area contributed by atoms with Gasteiger partial charge in [-0.15, -0.1) is 0 Å². The van der Waals surface area contributed by atoms with Crippen LogP contribution >= 0.6 is 0 Å². The largest absolute Gasteiger partial charge is 0.500 e. The van der Waals surface area contributed by atoms with Crippen LogP contribution in [-0.2, 0) is 23.8 Å². The summed E-state index contributed by atoms with van der Waals surface area (Å²) in [6.07, 6.45) is 0.127. The molecule has 0 amide bonds. The molecule has 0 N–H and O–H groups in total. The third-order valence-corrected chi connectivity index (χ3v) is 1.86. The van der Waals surface area contributed by atoms with Gasteiger partial charge < -0.3 is 14.2 Å². The maximum atomic E-state index is 11.6. The molecule has 0 heterocycles. The summed E-state index contributed by atoms with van der Waals surface area (Å²) in [6, 6.07) is 0. The first-order valence-electron chi connectivity index (χ1n) is 4.43. The first-order valence-corrected chi connectivity index (χ1v) is 4.43. The minimum Gasteiger partial charge on any atom is -0.500 e. The summed E-state index contributed by atoms with van der Waals surface area (Å²) in [6.45, 7) is 1.80. The molecule has 0 radical (unpaired) electrons. The minimum atomic E-state index is -0.685. The van der Waals surface area contributed by atoms with E-state index in [9.17, 15) is 9.59 Å². The highest BCUT2D eigenvalue weighted by molar-refractivity contribution is 6.17. The van der Waals surface area contributed by atoms with Gasteiger partial charge in [-0.2, -0.15) is 0 Å². The zero-order valence-electron chi connectivity index (χ0n) is 9.46. The van der Waals surface area contributed by atoms with Crippen molar-refractivity contribution >= 4 is 11.8 Å². The SMILES string of the molecule is COCCC(=O)/C(C(=O)OC)=C(/C)OC. The van der Waals surface area contributed by atoms with Crippen molar-refractivity contribution in [2.75, 3.05) is 27.9 Å². The predicted molar refractivity (Wildman–Crippen MR) is 53.2 cm³/mol. The van der Waals surface area contributed by atoms with Gasteiger partial charge in [0.15, 0.2) is 5.78 Å². The van der Waals surface area contributed by atoms with E-state index in [1.807, 2.05) is 0 Å². The Bertz CT molecular complexity index is 267. The van der Waals surface area contributed by atoms with Crippen LogP contribution in [0.2, 0.25) is 0 Å². The van der Waals surface area contributed by atoms with Gasteiger partial charge >= 0.3 is 5.97 Å². The number of ether oxygens (including phenoxy) is 3. The van der Waals surface area contributed by atoms with Crippen LogP contribution in [0.15, 0.2) is 11.3 Å². The van der Waals surface area contributed by atoms with E-state index in [4.69, 9.17) is 9.47 Å². The number of carbonyl (C=O) groups excluding carboxylic acids is 2. The lowest BCUT2D eigenvalue weighted by molar-refractivity contribution is -0.138. The maximum absolute atomic E-state index is 11.6. The first kappa shape index (κ1) is 13.6. The monoisotopic (exact) mass is 216 g/mol. The molecule has 0 fully saturated rings. The lowest BCUT2D eigenvalue weighted by atomic mass is 10.1. The number of ketones is 1. The zero-order chi connectivity index (χ0) is 11.8. The molecule has 15 heavy (non-hydrogen) atoms. The van der Waals surface area contributed by atoms with Crippen molar-refractivity contribution in [1.29, 1.82) is 0 Å². The number of rotatable bonds is 6. The van der Waals surface area contributed by atoms with Crippen molar-refractivity contribution in [2.24, 2.45) is 0 Å². The van der Waals surface area contributed by atoms with Crippen LogP contribution in [0, 0.1) is 0 Å². The van der Waals surface area contributed by atoms with E-state index in [1.165, 1.54) is 28.3 Å². The molecule has 5 heteroatoms. The molecule has 0 atom stereocenters. The highest BCUT2D eigenvalue weighted by Gasteiger charge is 2.22. The minimum absolute atomic E-state index is 0.0583. The van der Waals surface area contributed by atoms with Crippen LogP contribution in [-0.4, -0.2) is 39.7 Å². The predicted octanol–water partition coefficient (Wildman–Crippen LogP) is 0.685. The molecule has 0 saturated carbocycles. The van der Waals surface area contributed by atoms with Crippen LogP contribution in [0.25, 0.3) is 0 Å². The summed E-state index contributed by atoms with van der Waals surface area (Å²) >= 11 is 0. The second-order valence-corrected chi connectivity index (χ2v) is 2.79. The molecule has 0 bridgehead atoms. The Morgan fingerprint density at radius 2 is 1.67 bits per heavy atom. The average Bonchev–Trinajstić information content (AvgIpc) is 2.25. The fraction of sp³-hybridized carbons (Fsp3) is 0.600. The lowest BCUT2D eigenvalue weighted by Gasteiger charge is -2.08. The molecule has 0 aliphatic carbocycles.